The van der Waals surface area contributed by atoms with Crippen LogP contribution in [0.1, 0.15) is 0 Å². The highest BCUT2D eigenvalue weighted by molar-refractivity contribution is 7.99. The Kier molecular flexibility index (Phi) is 55.0. The molecule has 0 bridgehead atoms. The van der Waals surface area contributed by atoms with Crippen LogP contribution in [0.25, 0.3) is 0 Å². The van der Waals surface area contributed by atoms with Crippen molar-refractivity contribution in [3.05, 3.63) is 0 Å². The van der Waals surface area contributed by atoms with Gasteiger partial charge in [0.1, 0.15) is 220 Å². The number of hydrogen-bond donors (Lipinski definition) is 30. The molecule has 0 spiro atoms. The van der Waals surface area contributed by atoms with Crippen LogP contribution in [0.2, 0.25) is 0 Å². The Balaban J connectivity index is 0.000000225. The van der Waals surface area contributed by atoms with E-state index >= 15 is 0 Å². The molecule has 138 heavy (non-hydrogen) atoms. The number of aliphatic hydroxyl groups is 30. The van der Waals surface area contributed by atoms with Crippen molar-refractivity contribution in [2.24, 2.45) is 0 Å². The molecular formula is C78H144O54S6. The summed E-state index contributed by atoms with van der Waals surface area (Å²) < 4.78 is 127. The summed E-state index contributed by atoms with van der Waals surface area (Å²) in [5.41, 5.74) is 0. The van der Waals surface area contributed by atoms with Gasteiger partial charge < -0.3 is 267 Å². The van der Waals surface area contributed by atoms with E-state index in [2.05, 4.69) is 0 Å². The Bertz CT molecular complexity index is 2910. The minimum Gasteiger partial charge on any atom is -0.394 e. The zero-order chi connectivity index (χ0) is 103. The van der Waals surface area contributed by atoms with Crippen molar-refractivity contribution in [3.8, 4) is 0 Å². The third-order valence-corrected chi connectivity index (χ3v) is 27.9. The molecule has 0 aliphatic carbocycles. The van der Waals surface area contributed by atoms with E-state index in [1.54, 1.807) is 0 Å². The number of thioether (sulfide) groups is 6. The molecular weight excluding hydrogens is 1990 g/mol. The molecule has 0 aromatic heterocycles. The van der Waals surface area contributed by atoms with Crippen LogP contribution >= 0.6 is 70.6 Å². The van der Waals surface area contributed by atoms with E-state index in [1.165, 1.54) is 113 Å². The Morgan fingerprint density at radius 2 is 0.297 bits per heavy atom. The SMILES string of the molecule is COC1OC(CO)[C@@H](O)[C@H](O[C@@H]2O[C@@H](CSC)C(O)[C@H]2O)[C@H]1O.COC1OC(CO)[C@@H](O[C@@H]2O[C@@H](CSC)C(O)[C@H]2O)[C@H](O)[C@H]1O.CO[C@H]1OC(CO)C(O)[C@H](O)C1O[C@@H]1O[C@@H](CSC)C(O)C1O.CO[C@H]1OC(CO)[C@@H](O)[C@H](O)C1O[C@H]1O[C@H](CSC)C(O)[C@@H]1O.CO[C@H]1OC(CO)[C@@H](O)[C@H](O[C@H]2O[C@H](CSC)C(O)C2O)C1O.CO[C@H]1OC(CO)[C@@H](O[C@H]2O[C@H](CSC)C(O)[C@@H]2O)[C@H](O)C1O. The molecule has 0 radical (unpaired) electrons. The van der Waals surface area contributed by atoms with Gasteiger partial charge in [-0.2, -0.15) is 70.6 Å². The molecule has 21 unspecified atom stereocenters. The summed E-state index contributed by atoms with van der Waals surface area (Å²) in [6.07, 6.45) is -50.8. The van der Waals surface area contributed by atoms with Crippen LogP contribution in [0.15, 0.2) is 0 Å². The maximum absolute atomic E-state index is 10.2. The number of methoxy groups -OCH3 is 6. The Morgan fingerprint density at radius 3 is 0.493 bits per heavy atom. The van der Waals surface area contributed by atoms with Gasteiger partial charge >= 0.3 is 0 Å². The van der Waals surface area contributed by atoms with Crippen molar-refractivity contribution in [1.82, 2.24) is 0 Å². The Hall–Kier alpha value is -0.0600. The largest absolute Gasteiger partial charge is 0.394 e. The highest BCUT2D eigenvalue weighted by Crippen LogP contribution is 2.39. The molecule has 12 rings (SSSR count). The van der Waals surface area contributed by atoms with E-state index in [9.17, 15) is 143 Å². The lowest BCUT2D eigenvalue weighted by molar-refractivity contribution is -0.332. The summed E-state index contributed by atoms with van der Waals surface area (Å²) in [5.74, 6) is 2.75. The molecule has 54 nitrogen and oxygen atoms in total. The first-order chi connectivity index (χ1) is 65.6. The second-order valence-electron chi connectivity index (χ2n) is 33.1. The molecule has 816 valence electrons. The van der Waals surface area contributed by atoms with Crippen molar-refractivity contribution in [3.63, 3.8) is 0 Å². The number of rotatable bonds is 36. The average molecular weight is 2140 g/mol. The Morgan fingerprint density at radius 1 is 0.152 bits per heavy atom. The van der Waals surface area contributed by atoms with Crippen molar-refractivity contribution in [2.45, 2.75) is 332 Å². The molecule has 0 saturated carbocycles. The molecule has 12 aliphatic rings. The fourth-order valence-corrected chi connectivity index (χ4v) is 19.8. The molecule has 0 aromatic carbocycles. The van der Waals surface area contributed by atoms with Gasteiger partial charge in [0, 0.05) is 77.2 Å². The molecule has 12 aliphatic heterocycles. The number of hydrogen-bond acceptors (Lipinski definition) is 60. The number of aliphatic hydroxyl groups excluding tert-OH is 30. The summed E-state index contributed by atoms with van der Waals surface area (Å²) in [6.45, 7) is -2.98. The summed E-state index contributed by atoms with van der Waals surface area (Å²) in [6, 6.07) is 0. The first kappa shape index (κ1) is 125. The molecule has 12 fully saturated rings. The van der Waals surface area contributed by atoms with E-state index < -0.39 is 371 Å². The maximum atomic E-state index is 10.2. The first-order valence-corrected chi connectivity index (χ1v) is 51.9. The van der Waals surface area contributed by atoms with Crippen LogP contribution in [0, 0.1) is 0 Å². The number of ether oxygens (including phenoxy) is 24. The maximum Gasteiger partial charge on any atom is 0.187 e. The highest BCUT2D eigenvalue weighted by atomic mass is 32.2. The topological polar surface area (TPSA) is 828 Å². The summed E-state index contributed by atoms with van der Waals surface area (Å²) in [5, 5.41) is 296. The summed E-state index contributed by atoms with van der Waals surface area (Å²) >= 11 is 8.64. The van der Waals surface area contributed by atoms with Crippen molar-refractivity contribution >= 4 is 70.6 Å². The van der Waals surface area contributed by atoms with E-state index in [0.717, 1.165) is 0 Å². The van der Waals surface area contributed by atoms with Gasteiger partial charge in [-0.25, -0.2) is 0 Å². The van der Waals surface area contributed by atoms with Crippen molar-refractivity contribution in [1.29, 1.82) is 0 Å². The lowest BCUT2D eigenvalue weighted by Crippen LogP contribution is -2.61. The highest BCUT2D eigenvalue weighted by Gasteiger charge is 2.59. The average Bonchev–Trinajstić information content (AvgIpc) is 1.60. The zero-order valence-corrected chi connectivity index (χ0v) is 82.2. The predicted molar refractivity (Wildman–Crippen MR) is 472 cm³/mol. The monoisotopic (exact) mass is 2140 g/mol. The van der Waals surface area contributed by atoms with E-state index in [1.807, 2.05) is 37.5 Å². The smallest absolute Gasteiger partial charge is 0.187 e. The zero-order valence-electron chi connectivity index (χ0n) is 77.3. The van der Waals surface area contributed by atoms with Crippen LogP contribution < -0.4 is 0 Å². The third-order valence-electron chi connectivity index (χ3n) is 24.0. The normalized spacial score (nSPS) is 47.9. The van der Waals surface area contributed by atoms with E-state index in [-0.39, 0.29) is 0 Å². The summed E-state index contributed by atoms with van der Waals surface area (Å²) in [7, 11) is 7.83. The molecule has 0 aromatic rings. The minimum atomic E-state index is -1.42. The molecule has 60 heteroatoms. The molecule has 12 heterocycles. The first-order valence-electron chi connectivity index (χ1n) is 43.5. The van der Waals surface area contributed by atoms with Crippen LogP contribution in [-0.4, -0.2) is 639 Å². The van der Waals surface area contributed by atoms with Gasteiger partial charge in [0.05, 0.1) is 76.3 Å². The van der Waals surface area contributed by atoms with Crippen LogP contribution in [0.4, 0.5) is 0 Å². The van der Waals surface area contributed by atoms with Crippen molar-refractivity contribution < 1.29 is 267 Å². The second kappa shape index (κ2) is 60.8. The van der Waals surface area contributed by atoms with Gasteiger partial charge in [-0.1, -0.05) is 0 Å². The van der Waals surface area contributed by atoms with E-state index in [4.69, 9.17) is 124 Å². The molecule has 12 saturated heterocycles. The van der Waals surface area contributed by atoms with Gasteiger partial charge in [-0.05, 0) is 37.5 Å². The second-order valence-corrected chi connectivity index (χ2v) is 38.6. The van der Waals surface area contributed by atoms with Gasteiger partial charge in [-0.3, -0.25) is 0 Å². The molecule has 0 amide bonds. The lowest BCUT2D eigenvalue weighted by Gasteiger charge is -2.42. The van der Waals surface area contributed by atoms with Crippen LogP contribution in [0.3, 0.4) is 0 Å². The van der Waals surface area contributed by atoms with Gasteiger partial charge in [0.25, 0.3) is 0 Å². The summed E-state index contributed by atoms with van der Waals surface area (Å²) in [4.78, 5) is 0. The van der Waals surface area contributed by atoms with Gasteiger partial charge in [-0.15, -0.1) is 0 Å². The minimum absolute atomic E-state index is 0.455. The fourth-order valence-electron chi connectivity index (χ4n) is 16.1. The third kappa shape index (κ3) is 31.1. The van der Waals surface area contributed by atoms with Crippen LogP contribution in [0.5, 0.6) is 0 Å². The van der Waals surface area contributed by atoms with E-state index in [0.29, 0.717) is 34.5 Å². The molecule has 54 atom stereocenters. The van der Waals surface area contributed by atoms with Gasteiger partial charge in [0.15, 0.2) is 75.5 Å². The van der Waals surface area contributed by atoms with Crippen molar-refractivity contribution in [2.75, 3.05) is 154 Å². The van der Waals surface area contributed by atoms with Crippen LogP contribution in [-0.2, 0) is 114 Å². The quantitative estimate of drug-likeness (QED) is 0.0277. The lowest BCUT2D eigenvalue weighted by atomic mass is 9.99. The fraction of sp³-hybridized carbons (Fsp3) is 1.00. The molecule has 30 N–H and O–H groups in total. The Labute approximate surface area is 819 Å². The standard InChI is InChI=1S/6C13H24O9S/c2*1-19-12-10(18)8(16)11(5(3-14)20-12)22-13-9(17)7(15)6(21-13)4-23-2;2*1-19-12-10(18)11(8(16)5(3-14)20-12)22-13-9(17)7(15)6(21-13)4-23-2;2*1-19-13-11(9(17)7(15)5(3-14)20-13)22-12-10(18)8(16)6(21-12)4-23-2/h6*5-18H,3-4H2,1-2H3/t5?,6-,7?,8+,9+,10+,11+,12?,13-;5?,6-,7?,8-,9+,10?,11-,12+,13-;5?,6-,7?,8+,9+,10+,11-,12?,13-;5?,6-,7?,8-,9?,10?,11+,12+,13-;5?,6-,7?,8?,9-,10?,11?,12-,13-;5?,6-,7-,8?,9+,10+,11?,12-,13+/m010101/s1. The predicted octanol–water partition coefficient (Wildman–Crippen LogP) is -16.4. The van der Waals surface area contributed by atoms with Gasteiger partial charge in [0.2, 0.25) is 0 Å².